The Balaban J connectivity index is 1.39. The van der Waals surface area contributed by atoms with Crippen LogP contribution in [0.3, 0.4) is 0 Å². The lowest BCUT2D eigenvalue weighted by molar-refractivity contribution is 0.0716. The number of fused-ring (bicyclic) bond motifs is 1. The highest BCUT2D eigenvalue weighted by Gasteiger charge is 2.15. The summed E-state index contributed by atoms with van der Waals surface area (Å²) in [5, 5.41) is 17.0. The Hall–Kier alpha value is -2.02. The summed E-state index contributed by atoms with van der Waals surface area (Å²) >= 11 is 1.98. The number of hydrogen-bond donors (Lipinski definition) is 1. The third-order valence-corrected chi connectivity index (χ3v) is 5.78. The molecule has 1 aromatic heterocycles. The van der Waals surface area contributed by atoms with E-state index in [4.69, 9.17) is 4.74 Å². The van der Waals surface area contributed by atoms with Crippen LogP contribution in [0.2, 0.25) is 0 Å². The van der Waals surface area contributed by atoms with Gasteiger partial charge in [-0.25, -0.2) is 0 Å². The van der Waals surface area contributed by atoms with Gasteiger partial charge in [0.05, 0.1) is 5.69 Å². The highest BCUT2D eigenvalue weighted by Crippen LogP contribution is 2.26. The van der Waals surface area contributed by atoms with Gasteiger partial charge in [0, 0.05) is 49.9 Å². The zero-order chi connectivity index (χ0) is 18.6. The van der Waals surface area contributed by atoms with Gasteiger partial charge in [-0.1, -0.05) is 18.2 Å². The molecule has 1 unspecified atom stereocenters. The molecule has 0 radical (unpaired) electrons. The van der Waals surface area contributed by atoms with Crippen LogP contribution in [-0.2, 0) is 7.05 Å². The first-order valence-electron chi connectivity index (χ1n) is 9.32. The molecule has 142 valence electrons. The van der Waals surface area contributed by atoms with Crippen LogP contribution in [0.25, 0.3) is 22.0 Å². The second-order valence-corrected chi connectivity index (χ2v) is 8.20. The summed E-state index contributed by atoms with van der Waals surface area (Å²) in [6.07, 6.45) is 1.49. The van der Waals surface area contributed by atoms with Crippen LogP contribution in [0.1, 0.15) is 0 Å². The number of rotatable bonds is 6. The smallest absolute Gasteiger partial charge is 0.120 e. The number of β-amino-alcohol motifs (C(OH)–C–C–N with tert-alkyl or cyclic N) is 1. The van der Waals surface area contributed by atoms with Gasteiger partial charge in [0.25, 0.3) is 0 Å². The standard InChI is InChI=1S/C21H25N3O2S/c1-23-7-6-21(22-23)18-3-2-17-13-20(5-4-16(17)12-18)26-15-19(25)14-24-8-10-27-11-9-24/h2-7,12-13,19,25H,8-11,14-15H2,1H3. The molecule has 27 heavy (non-hydrogen) atoms. The minimum absolute atomic E-state index is 0.321. The van der Waals surface area contributed by atoms with E-state index in [9.17, 15) is 5.11 Å². The molecule has 1 aliphatic rings. The Morgan fingerprint density at radius 1 is 1.11 bits per heavy atom. The number of aliphatic hydroxyl groups excluding tert-OH is 1. The van der Waals surface area contributed by atoms with Crippen molar-refractivity contribution in [3.05, 3.63) is 48.7 Å². The van der Waals surface area contributed by atoms with E-state index in [2.05, 4.69) is 34.3 Å². The predicted octanol–water partition coefficient (Wildman–Crippen LogP) is 3.03. The highest BCUT2D eigenvalue weighted by atomic mass is 32.2. The highest BCUT2D eigenvalue weighted by molar-refractivity contribution is 7.99. The summed E-state index contributed by atoms with van der Waals surface area (Å²) < 4.78 is 7.65. The van der Waals surface area contributed by atoms with E-state index in [1.165, 1.54) is 0 Å². The SMILES string of the molecule is Cn1ccc(-c2ccc3cc(OCC(O)CN4CCSCC4)ccc3c2)n1. The molecule has 2 heterocycles. The zero-order valence-electron chi connectivity index (χ0n) is 15.5. The molecular weight excluding hydrogens is 358 g/mol. The van der Waals surface area contributed by atoms with Gasteiger partial charge in [-0.3, -0.25) is 9.58 Å². The van der Waals surface area contributed by atoms with Crippen LogP contribution in [0.4, 0.5) is 0 Å². The molecule has 1 saturated heterocycles. The molecular formula is C21H25N3O2S. The number of ether oxygens (including phenoxy) is 1. The lowest BCUT2D eigenvalue weighted by atomic mass is 10.0. The average molecular weight is 384 g/mol. The molecule has 5 nitrogen and oxygen atoms in total. The normalized spacial score (nSPS) is 16.5. The third-order valence-electron chi connectivity index (χ3n) is 4.84. The molecule has 6 heteroatoms. The Labute approximate surface area is 163 Å². The maximum absolute atomic E-state index is 10.3. The Bertz CT molecular complexity index is 905. The topological polar surface area (TPSA) is 50.5 Å². The van der Waals surface area contributed by atoms with Crippen molar-refractivity contribution < 1.29 is 9.84 Å². The first kappa shape index (κ1) is 18.3. The van der Waals surface area contributed by atoms with E-state index in [0.717, 1.165) is 52.4 Å². The van der Waals surface area contributed by atoms with Gasteiger partial charge in [-0.15, -0.1) is 0 Å². The fourth-order valence-corrected chi connectivity index (χ4v) is 4.35. The number of benzene rings is 2. The minimum Gasteiger partial charge on any atom is -0.491 e. The lowest BCUT2D eigenvalue weighted by Crippen LogP contribution is -2.40. The number of aliphatic hydroxyl groups is 1. The molecule has 1 fully saturated rings. The quantitative estimate of drug-likeness (QED) is 0.709. The van der Waals surface area contributed by atoms with Gasteiger partial charge in [0.15, 0.2) is 0 Å². The average Bonchev–Trinajstić information content (AvgIpc) is 3.13. The Morgan fingerprint density at radius 3 is 2.67 bits per heavy atom. The molecule has 1 atom stereocenters. The maximum Gasteiger partial charge on any atom is 0.120 e. The largest absolute Gasteiger partial charge is 0.491 e. The van der Waals surface area contributed by atoms with E-state index in [0.29, 0.717) is 13.2 Å². The molecule has 2 aromatic carbocycles. The molecule has 0 spiro atoms. The number of aryl methyl sites for hydroxylation is 1. The number of nitrogens with zero attached hydrogens (tertiary/aromatic N) is 3. The van der Waals surface area contributed by atoms with Gasteiger partial charge in [0.2, 0.25) is 0 Å². The van der Waals surface area contributed by atoms with E-state index in [1.807, 2.05) is 47.9 Å². The van der Waals surface area contributed by atoms with E-state index >= 15 is 0 Å². The monoisotopic (exact) mass is 383 g/mol. The summed E-state index contributed by atoms with van der Waals surface area (Å²) in [7, 11) is 1.92. The number of aromatic nitrogens is 2. The fourth-order valence-electron chi connectivity index (χ4n) is 3.37. The van der Waals surface area contributed by atoms with Gasteiger partial charge >= 0.3 is 0 Å². The van der Waals surface area contributed by atoms with Crippen molar-refractivity contribution in [2.24, 2.45) is 7.05 Å². The van der Waals surface area contributed by atoms with Crippen molar-refractivity contribution >= 4 is 22.5 Å². The summed E-state index contributed by atoms with van der Waals surface area (Å²) in [6.45, 7) is 3.11. The van der Waals surface area contributed by atoms with E-state index < -0.39 is 6.10 Å². The molecule has 0 amide bonds. The Morgan fingerprint density at radius 2 is 1.89 bits per heavy atom. The summed E-state index contributed by atoms with van der Waals surface area (Å²) in [4.78, 5) is 2.31. The van der Waals surface area contributed by atoms with Crippen LogP contribution < -0.4 is 4.74 Å². The second kappa shape index (κ2) is 8.33. The molecule has 1 aliphatic heterocycles. The molecule has 4 rings (SSSR count). The van der Waals surface area contributed by atoms with Crippen molar-refractivity contribution in [1.82, 2.24) is 14.7 Å². The minimum atomic E-state index is -0.463. The van der Waals surface area contributed by atoms with Crippen LogP contribution in [0.15, 0.2) is 48.7 Å². The third kappa shape index (κ3) is 4.64. The second-order valence-electron chi connectivity index (χ2n) is 6.98. The molecule has 0 bridgehead atoms. The van der Waals surface area contributed by atoms with Crippen molar-refractivity contribution in [3.63, 3.8) is 0 Å². The predicted molar refractivity (Wildman–Crippen MR) is 111 cm³/mol. The van der Waals surface area contributed by atoms with Gasteiger partial charge in [-0.2, -0.15) is 16.9 Å². The summed E-state index contributed by atoms with van der Waals surface area (Å²) in [5.41, 5.74) is 2.07. The van der Waals surface area contributed by atoms with Gasteiger partial charge < -0.3 is 9.84 Å². The van der Waals surface area contributed by atoms with Crippen LogP contribution in [0, 0.1) is 0 Å². The maximum atomic E-state index is 10.3. The number of thioether (sulfide) groups is 1. The van der Waals surface area contributed by atoms with Crippen LogP contribution in [-0.4, -0.2) is 63.6 Å². The van der Waals surface area contributed by atoms with E-state index in [-0.39, 0.29) is 0 Å². The zero-order valence-corrected chi connectivity index (χ0v) is 16.4. The van der Waals surface area contributed by atoms with Crippen LogP contribution >= 0.6 is 11.8 Å². The summed E-state index contributed by atoms with van der Waals surface area (Å²) in [5.74, 6) is 3.10. The van der Waals surface area contributed by atoms with Crippen LogP contribution in [0.5, 0.6) is 5.75 Å². The first-order valence-corrected chi connectivity index (χ1v) is 10.5. The first-order chi connectivity index (χ1) is 13.2. The van der Waals surface area contributed by atoms with Crippen molar-refractivity contribution in [1.29, 1.82) is 0 Å². The molecule has 0 aliphatic carbocycles. The van der Waals surface area contributed by atoms with Gasteiger partial charge in [-0.05, 0) is 35.0 Å². The van der Waals surface area contributed by atoms with Crippen molar-refractivity contribution in [2.45, 2.75) is 6.10 Å². The number of hydrogen-bond acceptors (Lipinski definition) is 5. The van der Waals surface area contributed by atoms with Crippen molar-refractivity contribution in [2.75, 3.05) is 37.7 Å². The molecule has 3 aromatic rings. The van der Waals surface area contributed by atoms with Gasteiger partial charge in [0.1, 0.15) is 18.5 Å². The summed E-state index contributed by atoms with van der Waals surface area (Å²) in [6, 6.07) is 14.4. The van der Waals surface area contributed by atoms with Crippen molar-refractivity contribution in [3.8, 4) is 17.0 Å². The Kier molecular flexibility index (Phi) is 5.66. The molecule has 1 N–H and O–H groups in total. The lowest BCUT2D eigenvalue weighted by Gasteiger charge is -2.28. The van der Waals surface area contributed by atoms with E-state index in [1.54, 1.807) is 0 Å². The fraction of sp³-hybridized carbons (Fsp3) is 0.381. The molecule has 0 saturated carbocycles.